The lowest BCUT2D eigenvalue weighted by atomic mass is 10.0. The molecule has 0 aliphatic heterocycles. The van der Waals surface area contributed by atoms with Crippen molar-refractivity contribution in [3.8, 4) is 0 Å². The average Bonchev–Trinajstić information content (AvgIpc) is 2.43. The number of nitrogens with zero attached hydrogens (tertiary/aromatic N) is 3. The summed E-state index contributed by atoms with van der Waals surface area (Å²) in [5.41, 5.74) is 6.03. The molecule has 3 heteroatoms. The molecule has 3 nitrogen and oxygen atoms in total. The van der Waals surface area contributed by atoms with Crippen LogP contribution in [0.5, 0.6) is 0 Å². The Bertz CT molecular complexity index is 468. The van der Waals surface area contributed by atoms with Gasteiger partial charge in [-0.15, -0.1) is 5.10 Å². The molecule has 0 fully saturated rings. The number of fused-ring (bicyclic) bond motifs is 1. The van der Waals surface area contributed by atoms with Gasteiger partial charge in [0.05, 0.1) is 5.52 Å². The first-order valence-corrected chi connectivity index (χ1v) is 4.37. The Morgan fingerprint density at radius 1 is 1.15 bits per heavy atom. The number of benzene rings is 1. The van der Waals surface area contributed by atoms with Crippen molar-refractivity contribution in [2.24, 2.45) is 7.05 Å². The quantitative estimate of drug-likeness (QED) is 0.612. The molecule has 1 aromatic carbocycles. The van der Waals surface area contributed by atoms with Gasteiger partial charge in [0.15, 0.2) is 0 Å². The highest BCUT2D eigenvalue weighted by molar-refractivity contribution is 5.80. The third-order valence-corrected chi connectivity index (χ3v) is 2.72. The second-order valence-corrected chi connectivity index (χ2v) is 3.52. The van der Waals surface area contributed by atoms with Crippen LogP contribution in [0.1, 0.15) is 16.7 Å². The Kier molecular flexibility index (Phi) is 1.62. The summed E-state index contributed by atoms with van der Waals surface area (Å²) < 4.78 is 1.83. The largest absolute Gasteiger partial charge is 0.247 e. The molecule has 0 aliphatic rings. The van der Waals surface area contributed by atoms with Crippen LogP contribution in [0, 0.1) is 20.8 Å². The lowest BCUT2D eigenvalue weighted by Gasteiger charge is -2.05. The van der Waals surface area contributed by atoms with Gasteiger partial charge in [-0.2, -0.15) is 0 Å². The van der Waals surface area contributed by atoms with Crippen LogP contribution in [0.15, 0.2) is 6.07 Å². The molecule has 0 radical (unpaired) electrons. The number of rotatable bonds is 0. The first kappa shape index (κ1) is 8.23. The van der Waals surface area contributed by atoms with Crippen LogP contribution in [-0.4, -0.2) is 15.0 Å². The van der Waals surface area contributed by atoms with Crippen molar-refractivity contribution in [3.05, 3.63) is 22.8 Å². The minimum Gasteiger partial charge on any atom is -0.247 e. The maximum Gasteiger partial charge on any atom is 0.113 e. The Balaban J connectivity index is 2.97. The predicted molar refractivity (Wildman–Crippen MR) is 52.7 cm³/mol. The Labute approximate surface area is 77.4 Å². The van der Waals surface area contributed by atoms with Gasteiger partial charge in [0.2, 0.25) is 0 Å². The van der Waals surface area contributed by atoms with Gasteiger partial charge in [0, 0.05) is 7.05 Å². The van der Waals surface area contributed by atoms with Crippen LogP contribution < -0.4 is 0 Å². The number of aromatic nitrogens is 3. The third kappa shape index (κ3) is 1.03. The van der Waals surface area contributed by atoms with E-state index < -0.39 is 0 Å². The SMILES string of the molecule is Cc1cc2nnn(C)c2c(C)c1C. The summed E-state index contributed by atoms with van der Waals surface area (Å²) in [7, 11) is 1.93. The van der Waals surface area contributed by atoms with Crippen LogP contribution in [0.4, 0.5) is 0 Å². The minimum absolute atomic E-state index is 0.989. The van der Waals surface area contributed by atoms with Gasteiger partial charge in [0.1, 0.15) is 5.52 Å². The standard InChI is InChI=1S/C10H13N3/c1-6-5-9-10(8(3)7(6)2)13(4)12-11-9/h5H,1-4H3. The molecular weight excluding hydrogens is 162 g/mol. The van der Waals surface area contributed by atoms with E-state index in [-0.39, 0.29) is 0 Å². The van der Waals surface area contributed by atoms with Gasteiger partial charge in [-0.05, 0) is 43.5 Å². The topological polar surface area (TPSA) is 30.7 Å². The molecule has 0 spiro atoms. The van der Waals surface area contributed by atoms with Crippen LogP contribution in [-0.2, 0) is 7.05 Å². The zero-order valence-electron chi connectivity index (χ0n) is 8.42. The summed E-state index contributed by atoms with van der Waals surface area (Å²) in [6.45, 7) is 6.36. The van der Waals surface area contributed by atoms with Crippen LogP contribution in [0.2, 0.25) is 0 Å². The molecule has 1 aromatic heterocycles. The Morgan fingerprint density at radius 3 is 2.54 bits per heavy atom. The van der Waals surface area contributed by atoms with E-state index in [0.717, 1.165) is 11.0 Å². The number of aryl methyl sites for hydroxylation is 3. The van der Waals surface area contributed by atoms with Crippen LogP contribution >= 0.6 is 0 Å². The molecule has 0 unspecified atom stereocenters. The first-order valence-electron chi connectivity index (χ1n) is 4.37. The van der Waals surface area contributed by atoms with Gasteiger partial charge in [-0.25, -0.2) is 4.68 Å². The van der Waals surface area contributed by atoms with Crippen molar-refractivity contribution in [3.63, 3.8) is 0 Å². The monoisotopic (exact) mass is 175 g/mol. The van der Waals surface area contributed by atoms with E-state index in [1.807, 2.05) is 11.7 Å². The van der Waals surface area contributed by atoms with Gasteiger partial charge in [-0.3, -0.25) is 0 Å². The number of hydrogen-bond donors (Lipinski definition) is 0. The molecule has 0 amide bonds. The fourth-order valence-corrected chi connectivity index (χ4v) is 1.69. The maximum atomic E-state index is 4.09. The van der Waals surface area contributed by atoms with Crippen molar-refractivity contribution in [1.82, 2.24) is 15.0 Å². The average molecular weight is 175 g/mol. The second-order valence-electron chi connectivity index (χ2n) is 3.52. The Morgan fingerprint density at radius 2 is 1.85 bits per heavy atom. The van der Waals surface area contributed by atoms with Crippen molar-refractivity contribution < 1.29 is 0 Å². The highest BCUT2D eigenvalue weighted by Gasteiger charge is 2.08. The molecule has 68 valence electrons. The van der Waals surface area contributed by atoms with E-state index in [0.29, 0.717) is 0 Å². The second kappa shape index (κ2) is 2.55. The van der Waals surface area contributed by atoms with Gasteiger partial charge < -0.3 is 0 Å². The highest BCUT2D eigenvalue weighted by atomic mass is 15.4. The Hall–Kier alpha value is -1.38. The molecule has 0 saturated heterocycles. The summed E-state index contributed by atoms with van der Waals surface area (Å²) in [6, 6.07) is 2.09. The van der Waals surface area contributed by atoms with Gasteiger partial charge >= 0.3 is 0 Å². The summed E-state index contributed by atoms with van der Waals surface area (Å²) in [5, 5.41) is 8.10. The van der Waals surface area contributed by atoms with E-state index in [1.165, 1.54) is 16.7 Å². The lowest BCUT2D eigenvalue weighted by molar-refractivity contribution is 0.735. The molecule has 13 heavy (non-hydrogen) atoms. The highest BCUT2D eigenvalue weighted by Crippen LogP contribution is 2.21. The summed E-state index contributed by atoms with van der Waals surface area (Å²) in [6.07, 6.45) is 0. The van der Waals surface area contributed by atoms with Gasteiger partial charge in [0.25, 0.3) is 0 Å². The molecule has 0 atom stereocenters. The normalized spacial score (nSPS) is 11.1. The molecule has 0 bridgehead atoms. The van der Waals surface area contributed by atoms with E-state index in [1.54, 1.807) is 0 Å². The molecule has 0 N–H and O–H groups in total. The summed E-state index contributed by atoms with van der Waals surface area (Å²) in [4.78, 5) is 0. The fraction of sp³-hybridized carbons (Fsp3) is 0.400. The zero-order valence-corrected chi connectivity index (χ0v) is 8.42. The van der Waals surface area contributed by atoms with Crippen molar-refractivity contribution in [2.75, 3.05) is 0 Å². The maximum absolute atomic E-state index is 4.09. The van der Waals surface area contributed by atoms with Crippen molar-refractivity contribution in [2.45, 2.75) is 20.8 Å². The van der Waals surface area contributed by atoms with Crippen molar-refractivity contribution >= 4 is 11.0 Å². The smallest absolute Gasteiger partial charge is 0.113 e. The van der Waals surface area contributed by atoms with Crippen molar-refractivity contribution in [1.29, 1.82) is 0 Å². The van der Waals surface area contributed by atoms with E-state index in [2.05, 4.69) is 37.1 Å². The summed E-state index contributed by atoms with van der Waals surface area (Å²) >= 11 is 0. The van der Waals surface area contributed by atoms with Crippen LogP contribution in [0.3, 0.4) is 0 Å². The molecule has 2 aromatic rings. The summed E-state index contributed by atoms with van der Waals surface area (Å²) in [5.74, 6) is 0. The van der Waals surface area contributed by atoms with Gasteiger partial charge in [-0.1, -0.05) is 5.21 Å². The molecule has 2 rings (SSSR count). The molecule has 1 heterocycles. The molecule has 0 aliphatic carbocycles. The lowest BCUT2D eigenvalue weighted by Crippen LogP contribution is -1.94. The molecular formula is C10H13N3. The zero-order chi connectivity index (χ0) is 9.59. The fourth-order valence-electron chi connectivity index (χ4n) is 1.69. The first-order chi connectivity index (χ1) is 6.11. The van der Waals surface area contributed by atoms with E-state index >= 15 is 0 Å². The molecule has 0 saturated carbocycles. The van der Waals surface area contributed by atoms with E-state index in [4.69, 9.17) is 0 Å². The number of hydrogen-bond acceptors (Lipinski definition) is 2. The minimum atomic E-state index is 0.989. The van der Waals surface area contributed by atoms with Crippen LogP contribution in [0.25, 0.3) is 11.0 Å². The predicted octanol–water partition coefficient (Wildman–Crippen LogP) is 1.89. The third-order valence-electron chi connectivity index (χ3n) is 2.72. The van der Waals surface area contributed by atoms with E-state index in [9.17, 15) is 0 Å².